The van der Waals surface area contributed by atoms with Crippen LogP contribution in [0.3, 0.4) is 0 Å². The second-order valence-electron chi connectivity index (χ2n) is 9.83. The van der Waals surface area contributed by atoms with Crippen LogP contribution in [0.2, 0.25) is 0 Å². The predicted octanol–water partition coefficient (Wildman–Crippen LogP) is 3.68. The lowest BCUT2D eigenvalue weighted by molar-refractivity contribution is 0.200. The van der Waals surface area contributed by atoms with Gasteiger partial charge in [-0.3, -0.25) is 4.90 Å². The molecule has 0 bridgehead atoms. The Morgan fingerprint density at radius 2 is 1.67 bits per heavy atom. The van der Waals surface area contributed by atoms with Crippen LogP contribution in [-0.4, -0.2) is 75.2 Å². The molecule has 2 aliphatic heterocycles. The molecule has 2 fully saturated rings. The van der Waals surface area contributed by atoms with E-state index in [1.807, 2.05) is 25.5 Å². The fraction of sp³-hybridized carbons (Fsp3) is 0.423. The molecular formula is C26H30F2N8. The number of anilines is 2. The monoisotopic (exact) mass is 492 g/mol. The molecule has 2 aliphatic rings. The number of rotatable bonds is 5. The maximum atomic E-state index is 13.7. The van der Waals surface area contributed by atoms with E-state index in [-0.39, 0.29) is 0 Å². The number of halogens is 2. The van der Waals surface area contributed by atoms with Gasteiger partial charge in [-0.15, -0.1) is 0 Å². The van der Waals surface area contributed by atoms with E-state index in [4.69, 9.17) is 0 Å². The van der Waals surface area contributed by atoms with Gasteiger partial charge < -0.3 is 19.4 Å². The van der Waals surface area contributed by atoms with E-state index < -0.39 is 11.6 Å². The molecule has 10 heteroatoms. The molecule has 0 atom stereocenters. The Morgan fingerprint density at radius 1 is 0.917 bits per heavy atom. The van der Waals surface area contributed by atoms with Gasteiger partial charge in [-0.25, -0.2) is 23.7 Å². The highest BCUT2D eigenvalue weighted by Gasteiger charge is 2.26. The summed E-state index contributed by atoms with van der Waals surface area (Å²) in [6, 6.07) is 5.29. The zero-order valence-corrected chi connectivity index (χ0v) is 20.4. The Morgan fingerprint density at radius 3 is 2.36 bits per heavy atom. The van der Waals surface area contributed by atoms with Gasteiger partial charge in [0.2, 0.25) is 5.95 Å². The standard InChI is InChI=1S/C26H30F2N8/c1-33-9-6-30-26(33)36-12-10-34(11-13-36)17-18-3-7-35(8-4-18)25-23-22(2-5-29-25)31-24(32-23)19-14-20(27)16-21(28)15-19/h2,5-6,9,14-16,18H,3-4,7-8,10-13,17H2,1H3,(H,31,32). The van der Waals surface area contributed by atoms with E-state index in [0.717, 1.165) is 87.5 Å². The van der Waals surface area contributed by atoms with Crippen LogP contribution in [0, 0.1) is 17.6 Å². The molecule has 8 nitrogen and oxygen atoms in total. The molecule has 2 saturated heterocycles. The first-order valence-corrected chi connectivity index (χ1v) is 12.5. The predicted molar refractivity (Wildman–Crippen MR) is 136 cm³/mol. The van der Waals surface area contributed by atoms with Crippen LogP contribution >= 0.6 is 0 Å². The molecule has 0 radical (unpaired) electrons. The van der Waals surface area contributed by atoms with Crippen LogP contribution in [-0.2, 0) is 7.05 Å². The van der Waals surface area contributed by atoms with Gasteiger partial charge in [0.15, 0.2) is 5.82 Å². The summed E-state index contributed by atoms with van der Waals surface area (Å²) < 4.78 is 29.5. The smallest absolute Gasteiger partial charge is 0.205 e. The number of piperazine rings is 1. The molecular weight excluding hydrogens is 462 g/mol. The van der Waals surface area contributed by atoms with Crippen LogP contribution < -0.4 is 9.80 Å². The number of H-pyrrole nitrogens is 1. The van der Waals surface area contributed by atoms with Crippen molar-refractivity contribution in [3.63, 3.8) is 0 Å². The third-order valence-corrected chi connectivity index (χ3v) is 7.40. The molecule has 5 heterocycles. The Labute approximate surface area is 208 Å². The quantitative estimate of drug-likeness (QED) is 0.459. The summed E-state index contributed by atoms with van der Waals surface area (Å²) in [5.74, 6) is 1.73. The average Bonchev–Trinajstić information content (AvgIpc) is 3.51. The molecule has 3 aromatic heterocycles. The van der Waals surface area contributed by atoms with Gasteiger partial charge in [-0.05, 0) is 37.0 Å². The minimum atomic E-state index is -0.621. The van der Waals surface area contributed by atoms with E-state index in [1.54, 1.807) is 6.20 Å². The number of piperidine rings is 1. The van der Waals surface area contributed by atoms with Gasteiger partial charge >= 0.3 is 0 Å². The molecule has 0 spiro atoms. The first-order valence-electron chi connectivity index (χ1n) is 12.5. The van der Waals surface area contributed by atoms with Gasteiger partial charge in [0.05, 0.1) is 5.52 Å². The maximum absolute atomic E-state index is 13.7. The van der Waals surface area contributed by atoms with Crippen LogP contribution in [0.5, 0.6) is 0 Å². The number of imidazole rings is 2. The SMILES string of the molecule is Cn1ccnc1N1CCN(CC2CCN(c3nccc4[nH]c(-c5cc(F)cc(F)c5)nc34)CC2)CC1. The topological polar surface area (TPSA) is 69.1 Å². The Balaban J connectivity index is 1.08. The van der Waals surface area contributed by atoms with Crippen LogP contribution in [0.4, 0.5) is 20.5 Å². The number of benzene rings is 1. The van der Waals surface area contributed by atoms with Gasteiger partial charge in [-0.2, -0.15) is 0 Å². The molecule has 1 N–H and O–H groups in total. The van der Waals surface area contributed by atoms with Crippen molar-refractivity contribution >= 4 is 22.8 Å². The number of hydrogen-bond acceptors (Lipinski definition) is 6. The van der Waals surface area contributed by atoms with Gasteiger partial charge in [0.25, 0.3) is 0 Å². The number of nitrogens with zero attached hydrogens (tertiary/aromatic N) is 7. The number of aromatic nitrogens is 5. The van der Waals surface area contributed by atoms with Crippen molar-refractivity contribution in [1.82, 2.24) is 29.4 Å². The van der Waals surface area contributed by atoms with Crippen molar-refractivity contribution < 1.29 is 8.78 Å². The molecule has 1 aromatic carbocycles. The van der Waals surface area contributed by atoms with E-state index >= 15 is 0 Å². The van der Waals surface area contributed by atoms with Crippen LogP contribution in [0.25, 0.3) is 22.4 Å². The van der Waals surface area contributed by atoms with Crippen molar-refractivity contribution in [2.45, 2.75) is 12.8 Å². The van der Waals surface area contributed by atoms with Crippen molar-refractivity contribution in [3.05, 3.63) is 54.5 Å². The molecule has 0 aliphatic carbocycles. The number of aryl methyl sites for hydroxylation is 1. The van der Waals surface area contributed by atoms with Crippen molar-refractivity contribution in [2.75, 3.05) is 55.6 Å². The number of nitrogens with one attached hydrogen (secondary N) is 1. The van der Waals surface area contributed by atoms with E-state index in [0.29, 0.717) is 17.3 Å². The second-order valence-corrected chi connectivity index (χ2v) is 9.83. The van der Waals surface area contributed by atoms with Gasteiger partial charge in [0, 0.05) is 83.1 Å². The van der Waals surface area contributed by atoms with E-state index in [2.05, 4.69) is 39.2 Å². The van der Waals surface area contributed by atoms with Crippen molar-refractivity contribution in [1.29, 1.82) is 0 Å². The average molecular weight is 493 g/mol. The lowest BCUT2D eigenvalue weighted by Crippen LogP contribution is -2.49. The highest BCUT2D eigenvalue weighted by Crippen LogP contribution is 2.30. The van der Waals surface area contributed by atoms with Crippen molar-refractivity contribution in [3.8, 4) is 11.4 Å². The normalized spacial score (nSPS) is 17.9. The van der Waals surface area contributed by atoms with Gasteiger partial charge in [0.1, 0.15) is 23.0 Å². The Hall–Kier alpha value is -3.53. The molecule has 0 unspecified atom stereocenters. The molecule has 188 valence electrons. The summed E-state index contributed by atoms with van der Waals surface area (Å²) in [7, 11) is 2.04. The fourth-order valence-electron chi connectivity index (χ4n) is 5.47. The Kier molecular flexibility index (Phi) is 6.04. The minimum Gasteiger partial charge on any atom is -0.355 e. The minimum absolute atomic E-state index is 0.386. The summed E-state index contributed by atoms with van der Waals surface area (Å²) >= 11 is 0. The van der Waals surface area contributed by atoms with Crippen LogP contribution in [0.15, 0.2) is 42.9 Å². The molecule has 36 heavy (non-hydrogen) atoms. The fourth-order valence-corrected chi connectivity index (χ4v) is 5.47. The van der Waals surface area contributed by atoms with E-state index in [1.165, 1.54) is 12.1 Å². The number of aromatic amines is 1. The summed E-state index contributed by atoms with van der Waals surface area (Å²) in [6.45, 7) is 7.09. The third-order valence-electron chi connectivity index (χ3n) is 7.40. The molecule has 0 amide bonds. The lowest BCUT2D eigenvalue weighted by atomic mass is 9.96. The second kappa shape index (κ2) is 9.50. The van der Waals surface area contributed by atoms with Gasteiger partial charge in [-0.1, -0.05) is 0 Å². The summed E-state index contributed by atoms with van der Waals surface area (Å²) in [6.07, 6.45) is 7.82. The highest BCUT2D eigenvalue weighted by atomic mass is 19.1. The molecule has 0 saturated carbocycles. The summed E-state index contributed by atoms with van der Waals surface area (Å²) in [5, 5.41) is 0. The zero-order chi connectivity index (χ0) is 24.6. The number of hydrogen-bond donors (Lipinski definition) is 1. The zero-order valence-electron chi connectivity index (χ0n) is 20.4. The largest absolute Gasteiger partial charge is 0.355 e. The Bertz CT molecular complexity index is 1330. The first-order chi connectivity index (χ1) is 17.5. The van der Waals surface area contributed by atoms with Crippen LogP contribution in [0.1, 0.15) is 12.8 Å². The van der Waals surface area contributed by atoms with E-state index in [9.17, 15) is 8.78 Å². The number of pyridine rings is 1. The first kappa shape index (κ1) is 22.9. The molecule has 6 rings (SSSR count). The van der Waals surface area contributed by atoms with Crippen molar-refractivity contribution in [2.24, 2.45) is 13.0 Å². The molecule has 4 aromatic rings. The third kappa shape index (κ3) is 4.53. The summed E-state index contributed by atoms with van der Waals surface area (Å²) in [5.41, 5.74) is 1.93. The summed E-state index contributed by atoms with van der Waals surface area (Å²) in [4.78, 5) is 24.2. The highest BCUT2D eigenvalue weighted by molar-refractivity contribution is 5.88. The number of fused-ring (bicyclic) bond motifs is 1. The lowest BCUT2D eigenvalue weighted by Gasteiger charge is -2.39. The maximum Gasteiger partial charge on any atom is 0.205 e.